The Morgan fingerprint density at radius 2 is 1.61 bits per heavy atom. The standard InChI is InChI=1S/C25H27N3OS2/c1-28(2)16-22-12-13-23(29-22)17-30-15-14-26-25-27-24(18-31-25)21-10-8-20(9-11-21)19-6-4-3-5-7-19/h3-13,18H,14-17H2,1-2H3,(H,26,27). The van der Waals surface area contributed by atoms with Crippen LogP contribution in [0.2, 0.25) is 0 Å². The number of thiazole rings is 1. The molecule has 6 heteroatoms. The van der Waals surface area contributed by atoms with Crippen LogP contribution in [0.5, 0.6) is 0 Å². The molecule has 0 amide bonds. The number of aromatic nitrogens is 1. The molecule has 2 heterocycles. The van der Waals surface area contributed by atoms with Crippen molar-refractivity contribution in [3.63, 3.8) is 0 Å². The van der Waals surface area contributed by atoms with Gasteiger partial charge in [-0.3, -0.25) is 0 Å². The molecule has 4 nitrogen and oxygen atoms in total. The van der Waals surface area contributed by atoms with Gasteiger partial charge in [-0.15, -0.1) is 11.3 Å². The van der Waals surface area contributed by atoms with E-state index in [0.29, 0.717) is 0 Å². The lowest BCUT2D eigenvalue weighted by Crippen LogP contribution is -2.09. The normalized spacial score (nSPS) is 11.2. The highest BCUT2D eigenvalue weighted by Gasteiger charge is 2.06. The Hall–Kier alpha value is -2.54. The molecule has 2 aromatic heterocycles. The summed E-state index contributed by atoms with van der Waals surface area (Å²) in [7, 11) is 4.10. The topological polar surface area (TPSA) is 41.3 Å². The highest BCUT2D eigenvalue weighted by Crippen LogP contribution is 2.27. The first kappa shape index (κ1) is 21.7. The predicted molar refractivity (Wildman–Crippen MR) is 134 cm³/mol. The number of benzene rings is 2. The molecule has 31 heavy (non-hydrogen) atoms. The van der Waals surface area contributed by atoms with Gasteiger partial charge in [0.2, 0.25) is 0 Å². The first-order chi connectivity index (χ1) is 15.2. The Morgan fingerprint density at radius 3 is 2.39 bits per heavy atom. The molecular weight excluding hydrogens is 422 g/mol. The maximum atomic E-state index is 5.86. The second-order valence-corrected chi connectivity index (χ2v) is 9.53. The van der Waals surface area contributed by atoms with Crippen LogP contribution in [0.1, 0.15) is 11.5 Å². The third-order valence-electron chi connectivity index (χ3n) is 4.75. The van der Waals surface area contributed by atoms with Crippen molar-refractivity contribution in [2.24, 2.45) is 0 Å². The summed E-state index contributed by atoms with van der Waals surface area (Å²) in [5.41, 5.74) is 4.62. The number of hydrogen-bond acceptors (Lipinski definition) is 6. The lowest BCUT2D eigenvalue weighted by atomic mass is 10.0. The van der Waals surface area contributed by atoms with Gasteiger partial charge < -0.3 is 14.6 Å². The summed E-state index contributed by atoms with van der Waals surface area (Å²) in [5.74, 6) is 3.96. The zero-order chi connectivity index (χ0) is 21.5. The molecule has 0 unspecified atom stereocenters. The molecule has 4 aromatic rings. The molecule has 0 radical (unpaired) electrons. The van der Waals surface area contributed by atoms with E-state index in [9.17, 15) is 0 Å². The quantitative estimate of drug-likeness (QED) is 0.281. The molecule has 0 saturated carbocycles. The van der Waals surface area contributed by atoms with Crippen LogP contribution in [0.25, 0.3) is 22.4 Å². The molecule has 0 aliphatic carbocycles. The van der Waals surface area contributed by atoms with E-state index in [1.54, 1.807) is 11.3 Å². The zero-order valence-corrected chi connectivity index (χ0v) is 19.5. The van der Waals surface area contributed by atoms with E-state index >= 15 is 0 Å². The lowest BCUT2D eigenvalue weighted by Gasteiger charge is -2.06. The van der Waals surface area contributed by atoms with Crippen molar-refractivity contribution in [1.29, 1.82) is 0 Å². The van der Waals surface area contributed by atoms with Gasteiger partial charge >= 0.3 is 0 Å². The minimum atomic E-state index is 0.841. The Kier molecular flexibility index (Phi) is 7.46. The molecule has 0 fully saturated rings. The van der Waals surface area contributed by atoms with Crippen LogP contribution in [-0.2, 0) is 12.3 Å². The van der Waals surface area contributed by atoms with E-state index in [1.165, 1.54) is 11.1 Å². The SMILES string of the molecule is CN(C)Cc1ccc(CSCCNc2nc(-c3ccc(-c4ccccc4)cc3)cs2)o1. The van der Waals surface area contributed by atoms with E-state index < -0.39 is 0 Å². The van der Waals surface area contributed by atoms with Gasteiger partial charge in [0.25, 0.3) is 0 Å². The Bertz CT molecular complexity index is 1070. The van der Waals surface area contributed by atoms with Crippen LogP contribution in [-0.4, -0.2) is 36.3 Å². The lowest BCUT2D eigenvalue weighted by molar-refractivity contribution is 0.344. The monoisotopic (exact) mass is 449 g/mol. The minimum Gasteiger partial charge on any atom is -0.464 e. The Labute approximate surface area is 192 Å². The van der Waals surface area contributed by atoms with Crippen molar-refractivity contribution in [3.05, 3.63) is 83.6 Å². The zero-order valence-electron chi connectivity index (χ0n) is 17.9. The van der Waals surface area contributed by atoms with Gasteiger partial charge in [0, 0.05) is 23.2 Å². The Balaban J connectivity index is 1.23. The molecule has 0 aliphatic heterocycles. The van der Waals surface area contributed by atoms with E-state index in [2.05, 4.69) is 76.3 Å². The second kappa shape index (κ2) is 10.7. The van der Waals surface area contributed by atoms with Gasteiger partial charge in [-0.1, -0.05) is 54.6 Å². The van der Waals surface area contributed by atoms with Crippen LogP contribution in [0.15, 0.2) is 76.5 Å². The average molecular weight is 450 g/mol. The summed E-state index contributed by atoms with van der Waals surface area (Å²) in [4.78, 5) is 6.86. The third-order valence-corrected chi connectivity index (χ3v) is 6.53. The number of furan rings is 1. The van der Waals surface area contributed by atoms with Crippen molar-refractivity contribution < 1.29 is 4.42 Å². The van der Waals surface area contributed by atoms with Gasteiger partial charge in [-0.25, -0.2) is 4.98 Å². The van der Waals surface area contributed by atoms with Crippen molar-refractivity contribution >= 4 is 28.2 Å². The molecular formula is C25H27N3OS2. The largest absolute Gasteiger partial charge is 0.464 e. The highest BCUT2D eigenvalue weighted by atomic mass is 32.2. The van der Waals surface area contributed by atoms with Gasteiger partial charge in [0.15, 0.2) is 5.13 Å². The summed E-state index contributed by atoms with van der Waals surface area (Å²) in [5, 5.41) is 6.52. The first-order valence-electron chi connectivity index (χ1n) is 10.3. The number of nitrogens with zero attached hydrogens (tertiary/aromatic N) is 2. The van der Waals surface area contributed by atoms with Crippen LogP contribution in [0, 0.1) is 0 Å². The highest BCUT2D eigenvalue weighted by molar-refractivity contribution is 7.98. The summed E-state index contributed by atoms with van der Waals surface area (Å²) in [6.45, 7) is 1.73. The first-order valence-corrected chi connectivity index (χ1v) is 12.4. The van der Waals surface area contributed by atoms with Gasteiger partial charge in [-0.2, -0.15) is 11.8 Å². The molecule has 160 valence electrons. The van der Waals surface area contributed by atoms with Crippen molar-refractivity contribution in [3.8, 4) is 22.4 Å². The number of hydrogen-bond donors (Lipinski definition) is 1. The van der Waals surface area contributed by atoms with E-state index in [0.717, 1.165) is 52.5 Å². The van der Waals surface area contributed by atoms with E-state index in [4.69, 9.17) is 9.40 Å². The summed E-state index contributed by atoms with van der Waals surface area (Å²) < 4.78 is 5.86. The minimum absolute atomic E-state index is 0.841. The van der Waals surface area contributed by atoms with Crippen molar-refractivity contribution in [1.82, 2.24) is 9.88 Å². The fourth-order valence-electron chi connectivity index (χ4n) is 3.25. The van der Waals surface area contributed by atoms with Crippen molar-refractivity contribution in [2.45, 2.75) is 12.3 Å². The molecule has 1 N–H and O–H groups in total. The maximum absolute atomic E-state index is 5.86. The third kappa shape index (κ3) is 6.23. The van der Waals surface area contributed by atoms with Crippen LogP contribution in [0.3, 0.4) is 0 Å². The molecule has 2 aromatic carbocycles. The van der Waals surface area contributed by atoms with Crippen LogP contribution >= 0.6 is 23.1 Å². The summed E-state index contributed by atoms with van der Waals surface area (Å²) >= 11 is 3.52. The van der Waals surface area contributed by atoms with E-state index in [-0.39, 0.29) is 0 Å². The molecule has 0 spiro atoms. The van der Waals surface area contributed by atoms with Gasteiger partial charge in [0.05, 0.1) is 18.0 Å². The molecule has 0 saturated heterocycles. The number of anilines is 1. The summed E-state index contributed by atoms with van der Waals surface area (Å²) in [6, 6.07) is 23.2. The Morgan fingerprint density at radius 1 is 0.903 bits per heavy atom. The maximum Gasteiger partial charge on any atom is 0.183 e. The molecule has 0 atom stereocenters. The average Bonchev–Trinajstić information content (AvgIpc) is 3.43. The van der Waals surface area contributed by atoms with Crippen molar-refractivity contribution in [2.75, 3.05) is 31.7 Å². The van der Waals surface area contributed by atoms with Gasteiger partial charge in [0.1, 0.15) is 11.5 Å². The fraction of sp³-hybridized carbons (Fsp3) is 0.240. The van der Waals surface area contributed by atoms with Crippen LogP contribution < -0.4 is 5.32 Å². The number of rotatable bonds is 10. The predicted octanol–water partition coefficient (Wildman–Crippen LogP) is 6.48. The van der Waals surface area contributed by atoms with Crippen LogP contribution in [0.4, 0.5) is 5.13 Å². The van der Waals surface area contributed by atoms with Gasteiger partial charge in [-0.05, 0) is 37.4 Å². The molecule has 0 bridgehead atoms. The summed E-state index contributed by atoms with van der Waals surface area (Å²) in [6.07, 6.45) is 0. The second-order valence-electron chi connectivity index (χ2n) is 7.57. The molecule has 4 rings (SSSR count). The molecule has 0 aliphatic rings. The fourth-order valence-corrected chi connectivity index (χ4v) is 4.75. The number of thioether (sulfide) groups is 1. The number of nitrogens with one attached hydrogen (secondary N) is 1. The van der Waals surface area contributed by atoms with E-state index in [1.807, 2.05) is 31.9 Å². The smallest absolute Gasteiger partial charge is 0.183 e.